The highest BCUT2D eigenvalue weighted by Gasteiger charge is 2.28. The maximum atomic E-state index is 10.7. The fourth-order valence-electron chi connectivity index (χ4n) is 3.24. The van der Waals surface area contributed by atoms with Gasteiger partial charge in [0.25, 0.3) is 0 Å². The van der Waals surface area contributed by atoms with Crippen molar-refractivity contribution >= 4 is 0 Å². The van der Waals surface area contributed by atoms with E-state index in [2.05, 4.69) is 4.98 Å². The number of aliphatic hydroxyl groups is 1. The molecule has 1 aromatic heterocycles. The summed E-state index contributed by atoms with van der Waals surface area (Å²) in [5.41, 5.74) is 7.02. The Hall–Kier alpha value is -0.930. The molecule has 3 nitrogen and oxygen atoms in total. The molecule has 0 saturated heterocycles. The summed E-state index contributed by atoms with van der Waals surface area (Å²) in [6.45, 7) is 0.502. The molecule has 0 radical (unpaired) electrons. The summed E-state index contributed by atoms with van der Waals surface area (Å²) in [6.07, 6.45) is 12.0. The minimum absolute atomic E-state index is 0.0485. The molecule has 3 heteroatoms. The van der Waals surface area contributed by atoms with Gasteiger partial charge in [-0.15, -0.1) is 0 Å². The average Bonchev–Trinajstić information content (AvgIpc) is 2.40. The van der Waals surface area contributed by atoms with Crippen LogP contribution in [-0.4, -0.2) is 22.7 Å². The zero-order chi connectivity index (χ0) is 13.5. The molecule has 0 bridgehead atoms. The Morgan fingerprint density at radius 1 is 1.11 bits per heavy atom. The van der Waals surface area contributed by atoms with Crippen LogP contribution < -0.4 is 5.73 Å². The largest absolute Gasteiger partial charge is 0.392 e. The van der Waals surface area contributed by atoms with Crippen molar-refractivity contribution < 1.29 is 5.11 Å². The maximum Gasteiger partial charge on any atom is 0.0649 e. The molecule has 106 valence electrons. The highest BCUT2D eigenvalue weighted by Crippen LogP contribution is 2.31. The standard InChI is InChI=1S/C16H26N2O/c17-12-15(13-8-10-18-11-9-13)16(19)14-6-4-2-1-3-5-7-14/h8-11,14-16,19H,1-7,12,17H2. The van der Waals surface area contributed by atoms with Crippen LogP contribution in [0.25, 0.3) is 0 Å². The second kappa shape index (κ2) is 7.61. The Bertz CT molecular complexity index is 347. The fraction of sp³-hybridized carbons (Fsp3) is 0.688. The van der Waals surface area contributed by atoms with Crippen molar-refractivity contribution in [1.82, 2.24) is 4.98 Å². The van der Waals surface area contributed by atoms with Crippen LogP contribution in [0.4, 0.5) is 0 Å². The van der Waals surface area contributed by atoms with Crippen molar-refractivity contribution in [1.29, 1.82) is 0 Å². The Labute approximate surface area is 116 Å². The molecule has 2 unspecified atom stereocenters. The molecule has 3 N–H and O–H groups in total. The summed E-state index contributed by atoms with van der Waals surface area (Å²) >= 11 is 0. The van der Waals surface area contributed by atoms with E-state index >= 15 is 0 Å². The summed E-state index contributed by atoms with van der Waals surface area (Å²) in [5, 5.41) is 10.7. The second-order valence-electron chi connectivity index (χ2n) is 5.72. The van der Waals surface area contributed by atoms with Crippen molar-refractivity contribution in [2.45, 2.75) is 57.0 Å². The van der Waals surface area contributed by atoms with E-state index in [0.717, 1.165) is 18.4 Å². The van der Waals surface area contributed by atoms with E-state index in [9.17, 15) is 5.11 Å². The smallest absolute Gasteiger partial charge is 0.0649 e. The van der Waals surface area contributed by atoms with Gasteiger partial charge in [0, 0.05) is 24.9 Å². The Kier molecular flexibility index (Phi) is 5.80. The molecule has 0 aromatic carbocycles. The number of nitrogens with two attached hydrogens (primary N) is 1. The van der Waals surface area contributed by atoms with Gasteiger partial charge < -0.3 is 10.8 Å². The van der Waals surface area contributed by atoms with E-state index in [1.807, 2.05) is 12.1 Å². The molecular formula is C16H26N2O. The van der Waals surface area contributed by atoms with E-state index < -0.39 is 0 Å². The third kappa shape index (κ3) is 4.02. The van der Waals surface area contributed by atoms with Crippen molar-refractivity contribution in [3.8, 4) is 0 Å². The number of rotatable bonds is 4. The first-order valence-corrected chi connectivity index (χ1v) is 7.61. The lowest BCUT2D eigenvalue weighted by Crippen LogP contribution is -2.33. The number of aliphatic hydroxyl groups excluding tert-OH is 1. The predicted molar refractivity (Wildman–Crippen MR) is 77.8 cm³/mol. The van der Waals surface area contributed by atoms with Gasteiger partial charge in [-0.25, -0.2) is 0 Å². The van der Waals surface area contributed by atoms with Crippen LogP contribution in [0, 0.1) is 5.92 Å². The molecule has 1 heterocycles. The Morgan fingerprint density at radius 3 is 2.26 bits per heavy atom. The van der Waals surface area contributed by atoms with Crippen LogP contribution in [0.2, 0.25) is 0 Å². The number of hydrogen-bond donors (Lipinski definition) is 2. The summed E-state index contributed by atoms with van der Waals surface area (Å²) < 4.78 is 0. The molecule has 1 aromatic rings. The van der Waals surface area contributed by atoms with Crippen LogP contribution in [0.15, 0.2) is 24.5 Å². The lowest BCUT2D eigenvalue weighted by atomic mass is 9.80. The van der Waals surface area contributed by atoms with Crippen LogP contribution in [0.3, 0.4) is 0 Å². The van der Waals surface area contributed by atoms with Crippen molar-refractivity contribution in [2.24, 2.45) is 11.7 Å². The SMILES string of the molecule is NCC(c1ccncc1)C(O)C1CCCCCCC1. The molecule has 19 heavy (non-hydrogen) atoms. The van der Waals surface area contributed by atoms with Gasteiger partial charge in [0.15, 0.2) is 0 Å². The van der Waals surface area contributed by atoms with Crippen LogP contribution in [0.1, 0.15) is 56.4 Å². The molecule has 1 fully saturated rings. The lowest BCUT2D eigenvalue weighted by molar-refractivity contribution is 0.0679. The van der Waals surface area contributed by atoms with Crippen LogP contribution in [-0.2, 0) is 0 Å². The summed E-state index contributed by atoms with van der Waals surface area (Å²) in [5.74, 6) is 0.453. The lowest BCUT2D eigenvalue weighted by Gasteiger charge is -2.30. The summed E-state index contributed by atoms with van der Waals surface area (Å²) in [6, 6.07) is 3.95. The van der Waals surface area contributed by atoms with Gasteiger partial charge >= 0.3 is 0 Å². The minimum Gasteiger partial charge on any atom is -0.392 e. The number of pyridine rings is 1. The van der Waals surface area contributed by atoms with E-state index in [1.165, 1.54) is 32.1 Å². The Balaban J connectivity index is 2.04. The van der Waals surface area contributed by atoms with E-state index in [-0.39, 0.29) is 12.0 Å². The summed E-state index contributed by atoms with van der Waals surface area (Å²) in [7, 11) is 0. The number of nitrogens with zero attached hydrogens (tertiary/aromatic N) is 1. The first-order chi connectivity index (χ1) is 9.33. The topological polar surface area (TPSA) is 59.1 Å². The third-order valence-corrected chi connectivity index (χ3v) is 4.43. The molecular weight excluding hydrogens is 236 g/mol. The zero-order valence-electron chi connectivity index (χ0n) is 11.7. The van der Waals surface area contributed by atoms with Crippen molar-refractivity contribution in [3.63, 3.8) is 0 Å². The number of aromatic nitrogens is 1. The normalized spacial score (nSPS) is 21.4. The molecule has 1 aliphatic rings. The molecule has 2 atom stereocenters. The predicted octanol–water partition coefficient (Wildman–Crippen LogP) is 2.85. The van der Waals surface area contributed by atoms with Crippen LogP contribution in [0.5, 0.6) is 0 Å². The van der Waals surface area contributed by atoms with E-state index in [4.69, 9.17) is 5.73 Å². The zero-order valence-corrected chi connectivity index (χ0v) is 11.7. The average molecular weight is 262 g/mol. The van der Waals surface area contributed by atoms with Gasteiger partial charge in [-0.1, -0.05) is 32.1 Å². The van der Waals surface area contributed by atoms with Crippen LogP contribution >= 0.6 is 0 Å². The van der Waals surface area contributed by atoms with Gasteiger partial charge in [0.05, 0.1) is 6.10 Å². The van der Waals surface area contributed by atoms with Crippen molar-refractivity contribution in [2.75, 3.05) is 6.54 Å². The van der Waals surface area contributed by atoms with Gasteiger partial charge in [-0.2, -0.15) is 0 Å². The number of hydrogen-bond acceptors (Lipinski definition) is 3. The second-order valence-corrected chi connectivity index (χ2v) is 5.72. The maximum absolute atomic E-state index is 10.7. The van der Waals surface area contributed by atoms with E-state index in [1.54, 1.807) is 12.4 Å². The molecule has 1 saturated carbocycles. The monoisotopic (exact) mass is 262 g/mol. The summed E-state index contributed by atoms with van der Waals surface area (Å²) in [4.78, 5) is 4.04. The molecule has 0 amide bonds. The fourth-order valence-corrected chi connectivity index (χ4v) is 3.24. The third-order valence-electron chi connectivity index (χ3n) is 4.43. The Morgan fingerprint density at radius 2 is 1.68 bits per heavy atom. The molecule has 0 aliphatic heterocycles. The highest BCUT2D eigenvalue weighted by molar-refractivity contribution is 5.18. The van der Waals surface area contributed by atoms with E-state index in [0.29, 0.717) is 12.5 Å². The first kappa shape index (κ1) is 14.5. The van der Waals surface area contributed by atoms with Gasteiger partial charge in [0.1, 0.15) is 0 Å². The van der Waals surface area contributed by atoms with Crippen molar-refractivity contribution in [3.05, 3.63) is 30.1 Å². The van der Waals surface area contributed by atoms with Gasteiger partial charge in [-0.3, -0.25) is 4.98 Å². The minimum atomic E-state index is -0.314. The molecule has 0 spiro atoms. The van der Waals surface area contributed by atoms with Gasteiger partial charge in [-0.05, 0) is 36.5 Å². The highest BCUT2D eigenvalue weighted by atomic mass is 16.3. The quantitative estimate of drug-likeness (QED) is 0.877. The molecule has 1 aliphatic carbocycles. The first-order valence-electron chi connectivity index (χ1n) is 7.61. The van der Waals surface area contributed by atoms with Gasteiger partial charge in [0.2, 0.25) is 0 Å². The molecule has 2 rings (SSSR count).